The summed E-state index contributed by atoms with van der Waals surface area (Å²) in [5, 5.41) is 10.1. The fourth-order valence-corrected chi connectivity index (χ4v) is 3.54. The minimum Gasteiger partial charge on any atom is -0.388 e. The minimum absolute atomic E-state index is 0.0373. The Kier molecular flexibility index (Phi) is 2.34. The van der Waals surface area contributed by atoms with E-state index in [1.165, 1.54) is 4.90 Å². The van der Waals surface area contributed by atoms with Gasteiger partial charge in [-0.15, -0.1) is 0 Å². The number of hydrogen-bond acceptors (Lipinski definition) is 3. The molecule has 4 heteroatoms. The van der Waals surface area contributed by atoms with Gasteiger partial charge in [-0.1, -0.05) is 6.92 Å². The second kappa shape index (κ2) is 3.55. The summed E-state index contributed by atoms with van der Waals surface area (Å²) in [4.78, 5) is 25.6. The fourth-order valence-electron chi connectivity index (χ4n) is 3.54. The average Bonchev–Trinajstić information content (AvgIpc) is 2.71. The fraction of sp³-hybridized carbons (Fsp3) is 0.846. The maximum absolute atomic E-state index is 12.2. The summed E-state index contributed by atoms with van der Waals surface area (Å²) in [6.07, 6.45) is 4.11. The summed E-state index contributed by atoms with van der Waals surface area (Å²) in [5.41, 5.74) is -0.782. The lowest BCUT2D eigenvalue weighted by Crippen LogP contribution is -2.50. The first-order valence-corrected chi connectivity index (χ1v) is 6.58. The number of amides is 2. The van der Waals surface area contributed by atoms with Crippen molar-refractivity contribution >= 4 is 11.8 Å². The summed E-state index contributed by atoms with van der Waals surface area (Å²) in [6.45, 7) is 2.33. The SMILES string of the molecule is CC1CC2C(=O)N(CC3(O)CCC3)C(=O)C2C1. The van der Waals surface area contributed by atoms with Gasteiger partial charge in [0.1, 0.15) is 0 Å². The smallest absolute Gasteiger partial charge is 0.233 e. The van der Waals surface area contributed by atoms with Crippen molar-refractivity contribution in [3.05, 3.63) is 0 Å². The number of aliphatic hydroxyl groups is 1. The van der Waals surface area contributed by atoms with Crippen LogP contribution < -0.4 is 0 Å². The van der Waals surface area contributed by atoms with Crippen LogP contribution in [0.4, 0.5) is 0 Å². The number of imide groups is 1. The van der Waals surface area contributed by atoms with E-state index in [0.717, 1.165) is 32.1 Å². The van der Waals surface area contributed by atoms with E-state index in [1.54, 1.807) is 0 Å². The van der Waals surface area contributed by atoms with Crippen LogP contribution in [0, 0.1) is 17.8 Å². The normalized spacial score (nSPS) is 39.4. The number of fused-ring (bicyclic) bond motifs is 1. The predicted octanol–water partition coefficient (Wildman–Crippen LogP) is 0.932. The van der Waals surface area contributed by atoms with Crippen molar-refractivity contribution in [1.29, 1.82) is 0 Å². The van der Waals surface area contributed by atoms with Crippen LogP contribution in [-0.4, -0.2) is 34.0 Å². The molecule has 2 saturated carbocycles. The van der Waals surface area contributed by atoms with Crippen LogP contribution in [0.2, 0.25) is 0 Å². The number of β-amino-alcohol motifs (C(OH)–C–C–N with tert-alkyl or cyclic N) is 1. The molecule has 2 aliphatic carbocycles. The van der Waals surface area contributed by atoms with Crippen molar-refractivity contribution in [2.45, 2.75) is 44.6 Å². The van der Waals surface area contributed by atoms with E-state index in [-0.39, 0.29) is 30.2 Å². The van der Waals surface area contributed by atoms with Crippen molar-refractivity contribution in [2.24, 2.45) is 17.8 Å². The summed E-state index contributed by atoms with van der Waals surface area (Å²) >= 11 is 0. The Bertz CT molecular complexity index is 351. The van der Waals surface area contributed by atoms with Gasteiger partial charge in [-0.2, -0.15) is 0 Å². The third kappa shape index (κ3) is 1.61. The predicted molar refractivity (Wildman–Crippen MR) is 60.9 cm³/mol. The summed E-state index contributed by atoms with van der Waals surface area (Å²) in [6, 6.07) is 0. The highest BCUT2D eigenvalue weighted by molar-refractivity contribution is 6.05. The Hall–Kier alpha value is -0.900. The van der Waals surface area contributed by atoms with Crippen LogP contribution in [0.25, 0.3) is 0 Å². The molecule has 3 rings (SSSR count). The summed E-state index contributed by atoms with van der Waals surface area (Å²) in [5.74, 6) is 0.212. The Morgan fingerprint density at radius 1 is 1.24 bits per heavy atom. The van der Waals surface area contributed by atoms with Gasteiger partial charge in [-0.3, -0.25) is 14.5 Å². The molecular formula is C13H19NO3. The molecule has 1 aliphatic heterocycles. The highest BCUT2D eigenvalue weighted by Crippen LogP contribution is 2.44. The number of likely N-dealkylation sites (tertiary alicyclic amines) is 1. The average molecular weight is 237 g/mol. The maximum Gasteiger partial charge on any atom is 0.233 e. The standard InChI is InChI=1S/C13H19NO3/c1-8-5-9-10(6-8)12(16)14(11(9)15)7-13(17)3-2-4-13/h8-10,17H,2-7H2,1H3. The van der Waals surface area contributed by atoms with Gasteiger partial charge in [0.25, 0.3) is 0 Å². The summed E-state index contributed by atoms with van der Waals surface area (Å²) in [7, 11) is 0. The highest BCUT2D eigenvalue weighted by Gasteiger charge is 2.53. The Balaban J connectivity index is 1.75. The van der Waals surface area contributed by atoms with Crippen LogP contribution >= 0.6 is 0 Å². The Morgan fingerprint density at radius 3 is 2.18 bits per heavy atom. The monoisotopic (exact) mass is 237 g/mol. The molecule has 0 radical (unpaired) electrons. The van der Waals surface area contributed by atoms with Crippen molar-refractivity contribution in [1.82, 2.24) is 4.90 Å². The third-order valence-electron chi connectivity index (χ3n) is 4.70. The molecule has 0 aromatic heterocycles. The first-order valence-electron chi connectivity index (χ1n) is 6.58. The molecule has 2 atom stereocenters. The molecule has 0 bridgehead atoms. The van der Waals surface area contributed by atoms with E-state index >= 15 is 0 Å². The molecular weight excluding hydrogens is 218 g/mol. The van der Waals surface area contributed by atoms with Gasteiger partial charge in [0.15, 0.2) is 0 Å². The van der Waals surface area contributed by atoms with Gasteiger partial charge in [0.05, 0.1) is 24.0 Å². The molecule has 94 valence electrons. The van der Waals surface area contributed by atoms with Crippen molar-refractivity contribution in [3.8, 4) is 0 Å². The summed E-state index contributed by atoms with van der Waals surface area (Å²) < 4.78 is 0. The topological polar surface area (TPSA) is 57.6 Å². The number of hydrogen-bond donors (Lipinski definition) is 1. The molecule has 0 spiro atoms. The largest absolute Gasteiger partial charge is 0.388 e. The lowest BCUT2D eigenvalue weighted by molar-refractivity contribution is -0.147. The zero-order chi connectivity index (χ0) is 12.2. The number of carbonyl (C=O) groups is 2. The van der Waals surface area contributed by atoms with E-state index in [2.05, 4.69) is 6.92 Å². The first-order chi connectivity index (χ1) is 8.00. The maximum atomic E-state index is 12.2. The van der Waals surface area contributed by atoms with Gasteiger partial charge in [0.2, 0.25) is 11.8 Å². The molecule has 2 unspecified atom stereocenters. The second-order valence-corrected chi connectivity index (χ2v) is 6.13. The molecule has 3 aliphatic rings. The first kappa shape index (κ1) is 11.2. The number of carbonyl (C=O) groups excluding carboxylic acids is 2. The van der Waals surface area contributed by atoms with Crippen molar-refractivity contribution in [3.63, 3.8) is 0 Å². The molecule has 2 amide bonds. The quantitative estimate of drug-likeness (QED) is 0.727. The zero-order valence-corrected chi connectivity index (χ0v) is 10.2. The van der Waals surface area contributed by atoms with E-state index in [1.807, 2.05) is 0 Å². The third-order valence-corrected chi connectivity index (χ3v) is 4.70. The highest BCUT2D eigenvalue weighted by atomic mass is 16.3. The second-order valence-electron chi connectivity index (χ2n) is 6.13. The van der Waals surface area contributed by atoms with Gasteiger partial charge in [-0.25, -0.2) is 0 Å². The van der Waals surface area contributed by atoms with Crippen LogP contribution in [0.15, 0.2) is 0 Å². The van der Waals surface area contributed by atoms with E-state index in [4.69, 9.17) is 0 Å². The van der Waals surface area contributed by atoms with Crippen LogP contribution in [0.5, 0.6) is 0 Å². The van der Waals surface area contributed by atoms with Gasteiger partial charge >= 0.3 is 0 Å². The minimum atomic E-state index is -0.782. The molecule has 1 saturated heterocycles. The van der Waals surface area contributed by atoms with Crippen LogP contribution in [0.1, 0.15) is 39.0 Å². The Morgan fingerprint density at radius 2 is 1.76 bits per heavy atom. The van der Waals surface area contributed by atoms with E-state index in [9.17, 15) is 14.7 Å². The van der Waals surface area contributed by atoms with E-state index in [0.29, 0.717) is 5.92 Å². The van der Waals surface area contributed by atoms with Crippen LogP contribution in [-0.2, 0) is 9.59 Å². The van der Waals surface area contributed by atoms with Gasteiger partial charge < -0.3 is 5.11 Å². The van der Waals surface area contributed by atoms with E-state index < -0.39 is 5.60 Å². The van der Waals surface area contributed by atoms with Gasteiger partial charge in [-0.05, 0) is 38.0 Å². The van der Waals surface area contributed by atoms with Crippen molar-refractivity contribution < 1.29 is 14.7 Å². The number of rotatable bonds is 2. The molecule has 3 fully saturated rings. The van der Waals surface area contributed by atoms with Gasteiger partial charge in [0, 0.05) is 0 Å². The zero-order valence-electron chi connectivity index (χ0n) is 10.2. The molecule has 0 aromatic rings. The lowest BCUT2D eigenvalue weighted by Gasteiger charge is -2.39. The molecule has 0 aromatic carbocycles. The van der Waals surface area contributed by atoms with Crippen LogP contribution in [0.3, 0.4) is 0 Å². The molecule has 4 nitrogen and oxygen atoms in total. The molecule has 1 N–H and O–H groups in total. The number of nitrogens with zero attached hydrogens (tertiary/aromatic N) is 1. The van der Waals surface area contributed by atoms with Crippen molar-refractivity contribution in [2.75, 3.05) is 6.54 Å². The Labute approximate surface area is 101 Å². The molecule has 17 heavy (non-hydrogen) atoms. The molecule has 1 heterocycles. The lowest BCUT2D eigenvalue weighted by atomic mass is 9.80.